The number of fused-ring (bicyclic) bond motifs is 1. The van der Waals surface area contributed by atoms with Gasteiger partial charge in [-0.3, -0.25) is 0 Å². The molecule has 0 aliphatic rings. The first-order chi connectivity index (χ1) is 9.16. The van der Waals surface area contributed by atoms with E-state index in [2.05, 4.69) is 48.7 Å². The van der Waals surface area contributed by atoms with Crippen molar-refractivity contribution >= 4 is 33.8 Å². The molecule has 0 unspecified atom stereocenters. The minimum Gasteiger partial charge on any atom is -0.362 e. The largest absolute Gasteiger partial charge is 0.362 e. The first kappa shape index (κ1) is 13.8. The summed E-state index contributed by atoms with van der Waals surface area (Å²) in [6, 6.07) is 14.5. The molecule has 0 atom stereocenters. The Balaban J connectivity index is 2.03. The van der Waals surface area contributed by atoms with Gasteiger partial charge in [0.1, 0.15) is 0 Å². The molecule has 0 radical (unpaired) electrons. The van der Waals surface area contributed by atoms with Gasteiger partial charge in [0.15, 0.2) is 5.11 Å². The van der Waals surface area contributed by atoms with Crippen LogP contribution in [0.4, 0.5) is 5.69 Å². The molecule has 2 aromatic carbocycles. The lowest BCUT2D eigenvalue weighted by Crippen LogP contribution is -2.29. The van der Waals surface area contributed by atoms with Crippen LogP contribution in [0.1, 0.15) is 20.3 Å². The summed E-state index contributed by atoms with van der Waals surface area (Å²) >= 11 is 5.33. The Morgan fingerprint density at radius 2 is 1.84 bits per heavy atom. The first-order valence-electron chi connectivity index (χ1n) is 6.69. The van der Waals surface area contributed by atoms with E-state index in [1.807, 2.05) is 18.2 Å². The van der Waals surface area contributed by atoms with Crippen LogP contribution in [0.15, 0.2) is 42.5 Å². The van der Waals surface area contributed by atoms with Crippen LogP contribution in [0.25, 0.3) is 10.8 Å². The fraction of sp³-hybridized carbons (Fsp3) is 0.312. The topological polar surface area (TPSA) is 24.1 Å². The van der Waals surface area contributed by atoms with Crippen molar-refractivity contribution in [3.63, 3.8) is 0 Å². The normalized spacial score (nSPS) is 10.7. The number of rotatable bonds is 4. The van der Waals surface area contributed by atoms with Gasteiger partial charge in [-0.1, -0.05) is 50.2 Å². The van der Waals surface area contributed by atoms with Gasteiger partial charge in [-0.05, 0) is 36.0 Å². The molecule has 0 saturated heterocycles. The van der Waals surface area contributed by atoms with Gasteiger partial charge in [0.2, 0.25) is 0 Å². The number of nitrogens with one attached hydrogen (secondary N) is 2. The molecule has 0 amide bonds. The third-order valence-corrected chi connectivity index (χ3v) is 3.29. The van der Waals surface area contributed by atoms with E-state index in [0.717, 1.165) is 18.7 Å². The Hall–Kier alpha value is -1.61. The van der Waals surface area contributed by atoms with Crippen LogP contribution in [-0.2, 0) is 0 Å². The zero-order chi connectivity index (χ0) is 13.7. The number of hydrogen-bond donors (Lipinski definition) is 2. The minimum atomic E-state index is 0.688. The fourth-order valence-corrected chi connectivity index (χ4v) is 2.19. The van der Waals surface area contributed by atoms with E-state index in [4.69, 9.17) is 12.2 Å². The van der Waals surface area contributed by atoms with E-state index in [1.165, 1.54) is 10.8 Å². The molecule has 2 N–H and O–H groups in total. The molecule has 2 aromatic rings. The van der Waals surface area contributed by atoms with Crippen molar-refractivity contribution < 1.29 is 0 Å². The van der Waals surface area contributed by atoms with E-state index < -0.39 is 0 Å². The molecule has 100 valence electrons. The molecule has 0 aromatic heterocycles. The van der Waals surface area contributed by atoms with Gasteiger partial charge in [0.25, 0.3) is 0 Å². The Labute approximate surface area is 120 Å². The van der Waals surface area contributed by atoms with E-state index in [1.54, 1.807) is 0 Å². The lowest BCUT2D eigenvalue weighted by Gasteiger charge is -2.13. The summed E-state index contributed by atoms with van der Waals surface area (Å²) in [5, 5.41) is 9.63. The summed E-state index contributed by atoms with van der Waals surface area (Å²) in [6.45, 7) is 5.33. The van der Waals surface area contributed by atoms with Gasteiger partial charge in [0, 0.05) is 17.6 Å². The molecule has 0 bridgehead atoms. The van der Waals surface area contributed by atoms with Crippen molar-refractivity contribution in [1.29, 1.82) is 0 Å². The molecular formula is C16H20N2S. The summed E-state index contributed by atoms with van der Waals surface area (Å²) < 4.78 is 0. The average Bonchev–Trinajstić information content (AvgIpc) is 2.39. The van der Waals surface area contributed by atoms with Crippen LogP contribution in [-0.4, -0.2) is 11.7 Å². The Morgan fingerprint density at radius 3 is 2.63 bits per heavy atom. The fourth-order valence-electron chi connectivity index (χ4n) is 1.98. The molecule has 19 heavy (non-hydrogen) atoms. The average molecular weight is 272 g/mol. The van der Waals surface area contributed by atoms with Crippen LogP contribution >= 0.6 is 12.2 Å². The van der Waals surface area contributed by atoms with Crippen LogP contribution in [0.5, 0.6) is 0 Å². The molecular weight excluding hydrogens is 252 g/mol. The van der Waals surface area contributed by atoms with Gasteiger partial charge >= 0.3 is 0 Å². The second-order valence-corrected chi connectivity index (χ2v) is 5.50. The molecule has 0 aliphatic carbocycles. The van der Waals surface area contributed by atoms with Crippen molar-refractivity contribution in [3.05, 3.63) is 42.5 Å². The maximum Gasteiger partial charge on any atom is 0.170 e. The molecule has 0 saturated carbocycles. The van der Waals surface area contributed by atoms with Crippen molar-refractivity contribution in [1.82, 2.24) is 5.32 Å². The highest BCUT2D eigenvalue weighted by Crippen LogP contribution is 2.22. The maximum absolute atomic E-state index is 5.33. The van der Waals surface area contributed by atoms with Gasteiger partial charge in [-0.15, -0.1) is 0 Å². The first-order valence-corrected chi connectivity index (χ1v) is 7.10. The number of anilines is 1. The van der Waals surface area contributed by atoms with Gasteiger partial charge in [-0.25, -0.2) is 0 Å². The number of hydrogen-bond acceptors (Lipinski definition) is 1. The zero-order valence-electron chi connectivity index (χ0n) is 11.4. The maximum atomic E-state index is 5.33. The monoisotopic (exact) mass is 272 g/mol. The van der Waals surface area contributed by atoms with E-state index in [0.29, 0.717) is 11.0 Å². The standard InChI is InChI=1S/C16H20N2S/c1-12(2)10-11-17-16(19)18-15-9-5-7-13-6-3-4-8-14(13)15/h3-9,12H,10-11H2,1-2H3,(H2,17,18,19). The molecule has 2 nitrogen and oxygen atoms in total. The lowest BCUT2D eigenvalue weighted by molar-refractivity contribution is 0.579. The molecule has 0 heterocycles. The predicted octanol–water partition coefficient (Wildman–Crippen LogP) is 4.17. The number of benzene rings is 2. The van der Waals surface area contributed by atoms with Crippen LogP contribution in [0, 0.1) is 5.92 Å². The van der Waals surface area contributed by atoms with Gasteiger partial charge in [0.05, 0.1) is 0 Å². The second kappa shape index (κ2) is 6.53. The third kappa shape index (κ3) is 3.93. The smallest absolute Gasteiger partial charge is 0.170 e. The van der Waals surface area contributed by atoms with Gasteiger partial charge < -0.3 is 10.6 Å². The SMILES string of the molecule is CC(C)CCNC(=S)Nc1cccc2ccccc12. The van der Waals surface area contributed by atoms with Crippen LogP contribution in [0.2, 0.25) is 0 Å². The second-order valence-electron chi connectivity index (χ2n) is 5.09. The summed E-state index contributed by atoms with van der Waals surface area (Å²) in [4.78, 5) is 0. The third-order valence-electron chi connectivity index (χ3n) is 3.05. The molecule has 0 fully saturated rings. The Kier molecular flexibility index (Phi) is 4.74. The van der Waals surface area contributed by atoms with Crippen molar-refractivity contribution in [2.24, 2.45) is 5.92 Å². The van der Waals surface area contributed by atoms with Crippen LogP contribution in [0.3, 0.4) is 0 Å². The van der Waals surface area contributed by atoms with E-state index >= 15 is 0 Å². The predicted molar refractivity (Wildman–Crippen MR) is 87.6 cm³/mol. The Morgan fingerprint density at radius 1 is 1.11 bits per heavy atom. The quantitative estimate of drug-likeness (QED) is 0.817. The summed E-state index contributed by atoms with van der Waals surface area (Å²) in [5.41, 5.74) is 1.06. The molecule has 0 aliphatic heterocycles. The number of thiocarbonyl (C=S) groups is 1. The van der Waals surface area contributed by atoms with Crippen molar-refractivity contribution in [3.8, 4) is 0 Å². The molecule has 2 rings (SSSR count). The lowest BCUT2D eigenvalue weighted by atomic mass is 10.1. The summed E-state index contributed by atoms with van der Waals surface area (Å²) in [6.07, 6.45) is 1.12. The zero-order valence-corrected chi connectivity index (χ0v) is 12.3. The minimum absolute atomic E-state index is 0.688. The van der Waals surface area contributed by atoms with Crippen LogP contribution < -0.4 is 10.6 Å². The highest BCUT2D eigenvalue weighted by Gasteiger charge is 2.02. The highest BCUT2D eigenvalue weighted by atomic mass is 32.1. The summed E-state index contributed by atoms with van der Waals surface area (Å²) in [5.74, 6) is 0.688. The molecule has 0 spiro atoms. The van der Waals surface area contributed by atoms with E-state index in [-0.39, 0.29) is 0 Å². The van der Waals surface area contributed by atoms with Crippen molar-refractivity contribution in [2.75, 3.05) is 11.9 Å². The Bertz CT molecular complexity index is 558. The molecule has 3 heteroatoms. The van der Waals surface area contributed by atoms with Crippen molar-refractivity contribution in [2.45, 2.75) is 20.3 Å². The highest BCUT2D eigenvalue weighted by molar-refractivity contribution is 7.80. The van der Waals surface area contributed by atoms with E-state index in [9.17, 15) is 0 Å². The summed E-state index contributed by atoms with van der Waals surface area (Å²) in [7, 11) is 0. The van der Waals surface area contributed by atoms with Gasteiger partial charge in [-0.2, -0.15) is 0 Å².